The maximum Gasteiger partial charge on any atom is 0.261 e. The summed E-state index contributed by atoms with van der Waals surface area (Å²) in [6, 6.07) is 13.8. The number of nitrogens with one attached hydrogen (secondary N) is 2. The highest BCUT2D eigenvalue weighted by molar-refractivity contribution is 7.89. The van der Waals surface area contributed by atoms with E-state index >= 15 is 0 Å². The second-order valence-corrected chi connectivity index (χ2v) is 9.47. The monoisotopic (exact) mass is 440 g/mol. The molecule has 1 amide bonds. The zero-order chi connectivity index (χ0) is 22.0. The molecule has 0 aliphatic heterocycles. The molecular formula is C22H24N4O4S. The number of nitrogens with zero attached hydrogens (tertiary/aromatic N) is 2. The first kappa shape index (κ1) is 21.2. The molecule has 1 heterocycles. The van der Waals surface area contributed by atoms with Gasteiger partial charge >= 0.3 is 0 Å². The first-order chi connectivity index (χ1) is 14.9. The van der Waals surface area contributed by atoms with E-state index in [1.54, 1.807) is 22.8 Å². The Balaban J connectivity index is 1.44. The highest BCUT2D eigenvalue weighted by Crippen LogP contribution is 2.34. The zero-order valence-corrected chi connectivity index (χ0v) is 18.0. The number of aromatic nitrogens is 2. The number of fused-ring (bicyclic) bond motifs is 1. The number of para-hydroxylation sites is 1. The van der Waals surface area contributed by atoms with Crippen LogP contribution in [0.15, 0.2) is 58.2 Å². The molecule has 8 nitrogen and oxygen atoms in total. The number of hydrogen-bond donors (Lipinski definition) is 2. The third kappa shape index (κ3) is 4.67. The molecule has 31 heavy (non-hydrogen) atoms. The van der Waals surface area contributed by atoms with Crippen LogP contribution in [0.4, 0.5) is 0 Å². The molecule has 4 rings (SSSR count). The third-order valence-electron chi connectivity index (χ3n) is 5.34. The van der Waals surface area contributed by atoms with Crippen LogP contribution in [0.5, 0.6) is 0 Å². The predicted octanol–water partition coefficient (Wildman–Crippen LogP) is 1.89. The summed E-state index contributed by atoms with van der Waals surface area (Å²) in [5, 5.41) is 3.41. The van der Waals surface area contributed by atoms with Crippen molar-refractivity contribution in [1.29, 1.82) is 0 Å². The molecule has 0 atom stereocenters. The van der Waals surface area contributed by atoms with Gasteiger partial charge in [0.15, 0.2) is 0 Å². The Labute approximate surface area is 180 Å². The number of hydrogen-bond acceptors (Lipinski definition) is 5. The molecule has 0 spiro atoms. The lowest BCUT2D eigenvalue weighted by Gasteiger charge is -2.13. The summed E-state index contributed by atoms with van der Waals surface area (Å²) in [5.74, 6) is 0.440. The van der Waals surface area contributed by atoms with Gasteiger partial charge in [0.1, 0.15) is 5.82 Å². The van der Waals surface area contributed by atoms with Crippen molar-refractivity contribution in [2.24, 2.45) is 0 Å². The highest BCUT2D eigenvalue weighted by Gasteiger charge is 2.28. The van der Waals surface area contributed by atoms with E-state index in [1.165, 1.54) is 19.2 Å². The van der Waals surface area contributed by atoms with Crippen molar-refractivity contribution in [3.63, 3.8) is 0 Å². The lowest BCUT2D eigenvalue weighted by molar-refractivity contribution is -0.121. The van der Waals surface area contributed by atoms with E-state index in [0.717, 1.165) is 12.8 Å². The Morgan fingerprint density at radius 1 is 1.16 bits per heavy atom. The zero-order valence-electron chi connectivity index (χ0n) is 17.2. The Kier molecular flexibility index (Phi) is 5.88. The summed E-state index contributed by atoms with van der Waals surface area (Å²) in [7, 11) is -2.18. The molecular weight excluding hydrogens is 416 g/mol. The number of amides is 1. The van der Waals surface area contributed by atoms with Gasteiger partial charge in [-0.2, -0.15) is 0 Å². The standard InChI is InChI=1S/C22H24N4O4S/c1-23-31(29,30)17-6-4-5-15(13-17)14-24-21(27)12-11-20-25-19-8-3-2-7-18(19)22(28)26(20)16-9-10-16/h2-8,13,16,23H,9-12,14H2,1H3,(H,24,27). The molecule has 2 aromatic carbocycles. The van der Waals surface area contributed by atoms with Gasteiger partial charge in [-0.25, -0.2) is 18.1 Å². The Bertz CT molecular complexity index is 1300. The van der Waals surface area contributed by atoms with E-state index in [2.05, 4.69) is 15.0 Å². The maximum absolute atomic E-state index is 12.9. The van der Waals surface area contributed by atoms with Crippen molar-refractivity contribution in [2.45, 2.75) is 43.2 Å². The summed E-state index contributed by atoms with van der Waals surface area (Å²) >= 11 is 0. The second kappa shape index (κ2) is 8.60. The first-order valence-corrected chi connectivity index (χ1v) is 11.7. The normalized spacial score (nSPS) is 14.0. The van der Waals surface area contributed by atoms with Crippen LogP contribution in [0, 0.1) is 0 Å². The minimum atomic E-state index is -3.54. The predicted molar refractivity (Wildman–Crippen MR) is 117 cm³/mol. The van der Waals surface area contributed by atoms with E-state index in [0.29, 0.717) is 28.7 Å². The molecule has 1 aliphatic carbocycles. The van der Waals surface area contributed by atoms with Crippen LogP contribution in [-0.2, 0) is 27.8 Å². The average molecular weight is 441 g/mol. The second-order valence-electron chi connectivity index (χ2n) is 7.58. The van der Waals surface area contributed by atoms with E-state index in [1.807, 2.05) is 18.2 Å². The molecule has 1 fully saturated rings. The van der Waals surface area contributed by atoms with Crippen molar-refractivity contribution >= 4 is 26.8 Å². The molecule has 0 radical (unpaired) electrons. The summed E-state index contributed by atoms with van der Waals surface area (Å²) in [6.07, 6.45) is 2.44. The number of carbonyl (C=O) groups excluding carboxylic acids is 1. The van der Waals surface area contributed by atoms with Crippen LogP contribution in [-0.4, -0.2) is 30.9 Å². The summed E-state index contributed by atoms with van der Waals surface area (Å²) in [6.45, 7) is 0.215. The van der Waals surface area contributed by atoms with Gasteiger partial charge in [-0.15, -0.1) is 0 Å². The van der Waals surface area contributed by atoms with Crippen molar-refractivity contribution in [2.75, 3.05) is 7.05 Å². The van der Waals surface area contributed by atoms with Gasteiger partial charge in [0.25, 0.3) is 5.56 Å². The molecule has 9 heteroatoms. The van der Waals surface area contributed by atoms with Crippen LogP contribution in [0.2, 0.25) is 0 Å². The van der Waals surface area contributed by atoms with Crippen molar-refractivity contribution in [3.8, 4) is 0 Å². The van der Waals surface area contributed by atoms with Crippen molar-refractivity contribution in [1.82, 2.24) is 19.6 Å². The topological polar surface area (TPSA) is 110 Å². The van der Waals surface area contributed by atoms with Crippen LogP contribution in [0.3, 0.4) is 0 Å². The van der Waals surface area contributed by atoms with Gasteiger partial charge in [0.05, 0.1) is 15.8 Å². The van der Waals surface area contributed by atoms with Gasteiger partial charge in [-0.3, -0.25) is 14.2 Å². The molecule has 2 N–H and O–H groups in total. The number of aryl methyl sites for hydroxylation is 1. The Hall–Kier alpha value is -3.04. The fourth-order valence-corrected chi connectivity index (χ4v) is 4.33. The Morgan fingerprint density at radius 3 is 2.68 bits per heavy atom. The van der Waals surface area contributed by atoms with Gasteiger partial charge in [-0.05, 0) is 49.7 Å². The minimum Gasteiger partial charge on any atom is -0.352 e. The van der Waals surface area contributed by atoms with Crippen LogP contribution < -0.4 is 15.6 Å². The highest BCUT2D eigenvalue weighted by atomic mass is 32.2. The third-order valence-corrected chi connectivity index (χ3v) is 6.75. The SMILES string of the molecule is CNS(=O)(=O)c1cccc(CNC(=O)CCc2nc3ccccc3c(=O)n2C2CC2)c1. The van der Waals surface area contributed by atoms with Gasteiger partial charge < -0.3 is 5.32 Å². The van der Waals surface area contributed by atoms with Crippen LogP contribution in [0.25, 0.3) is 10.9 Å². The molecule has 0 bridgehead atoms. The molecule has 0 saturated heterocycles. The molecule has 1 aromatic heterocycles. The number of benzene rings is 2. The maximum atomic E-state index is 12.9. The first-order valence-electron chi connectivity index (χ1n) is 10.2. The van der Waals surface area contributed by atoms with Crippen LogP contribution >= 0.6 is 0 Å². The van der Waals surface area contributed by atoms with Crippen molar-refractivity contribution < 1.29 is 13.2 Å². The number of carbonyl (C=O) groups is 1. The fourth-order valence-electron chi connectivity index (χ4n) is 3.53. The smallest absolute Gasteiger partial charge is 0.261 e. The van der Waals surface area contributed by atoms with Gasteiger partial charge in [-0.1, -0.05) is 24.3 Å². The summed E-state index contributed by atoms with van der Waals surface area (Å²) < 4.78 is 27.9. The van der Waals surface area contributed by atoms with Gasteiger partial charge in [0, 0.05) is 25.4 Å². The average Bonchev–Trinajstić information content (AvgIpc) is 3.61. The quantitative estimate of drug-likeness (QED) is 0.556. The lowest BCUT2D eigenvalue weighted by Crippen LogP contribution is -2.27. The fraction of sp³-hybridized carbons (Fsp3) is 0.318. The molecule has 0 unspecified atom stereocenters. The van der Waals surface area contributed by atoms with Crippen LogP contribution in [0.1, 0.15) is 36.7 Å². The molecule has 162 valence electrons. The molecule has 1 aliphatic rings. The van der Waals surface area contributed by atoms with E-state index < -0.39 is 10.0 Å². The summed E-state index contributed by atoms with van der Waals surface area (Å²) in [5.41, 5.74) is 1.27. The van der Waals surface area contributed by atoms with E-state index in [9.17, 15) is 18.0 Å². The lowest BCUT2D eigenvalue weighted by atomic mass is 10.2. The summed E-state index contributed by atoms with van der Waals surface area (Å²) in [4.78, 5) is 30.1. The Morgan fingerprint density at radius 2 is 1.94 bits per heavy atom. The number of sulfonamides is 1. The minimum absolute atomic E-state index is 0.0499. The molecule has 1 saturated carbocycles. The van der Waals surface area contributed by atoms with E-state index in [-0.39, 0.29) is 35.4 Å². The van der Waals surface area contributed by atoms with Crippen molar-refractivity contribution in [3.05, 3.63) is 70.3 Å². The van der Waals surface area contributed by atoms with E-state index in [4.69, 9.17) is 0 Å². The molecule has 3 aromatic rings. The number of rotatable bonds is 8. The van der Waals surface area contributed by atoms with Gasteiger partial charge in [0.2, 0.25) is 15.9 Å². The largest absolute Gasteiger partial charge is 0.352 e.